The molecule has 0 fully saturated rings. The lowest BCUT2D eigenvalue weighted by Gasteiger charge is -2.11. The van der Waals surface area contributed by atoms with Crippen LogP contribution in [-0.4, -0.2) is 20.9 Å². The van der Waals surface area contributed by atoms with E-state index in [9.17, 15) is 4.79 Å². The maximum atomic E-state index is 10.8. The van der Waals surface area contributed by atoms with E-state index in [0.717, 1.165) is 11.4 Å². The molecule has 1 unspecified atom stereocenters. The van der Waals surface area contributed by atoms with Gasteiger partial charge in [-0.1, -0.05) is 11.6 Å². The van der Waals surface area contributed by atoms with Crippen molar-refractivity contribution in [3.8, 4) is 0 Å². The van der Waals surface area contributed by atoms with Crippen LogP contribution in [0.3, 0.4) is 0 Å². The fourth-order valence-electron chi connectivity index (χ4n) is 1.83. The first-order valence-corrected chi connectivity index (χ1v) is 5.84. The van der Waals surface area contributed by atoms with E-state index in [1.54, 1.807) is 10.7 Å². The molecule has 2 aromatic heterocycles. The Bertz CT molecular complexity index is 600. The second kappa shape index (κ2) is 4.49. The molecule has 0 bridgehead atoms. The van der Waals surface area contributed by atoms with Gasteiger partial charge in [-0.05, 0) is 32.9 Å². The summed E-state index contributed by atoms with van der Waals surface area (Å²) < 4.78 is 6.99. The normalized spacial score (nSPS) is 12.7. The number of hydrogen-bond acceptors (Lipinski definition) is 3. The van der Waals surface area contributed by atoms with E-state index < -0.39 is 5.97 Å². The topological polar surface area (TPSA) is 68.3 Å². The van der Waals surface area contributed by atoms with Gasteiger partial charge in [0, 0.05) is 0 Å². The standard InChI is InChI=1S/C12H13ClN2O3/c1-6-11(13)8(3)15(14-6)7(2)9-4-5-10(18-9)12(16)17/h4-5,7H,1-3H3,(H,16,17). The van der Waals surface area contributed by atoms with Crippen molar-refractivity contribution in [2.45, 2.75) is 26.8 Å². The third-order valence-electron chi connectivity index (χ3n) is 2.85. The van der Waals surface area contributed by atoms with Crippen LogP contribution in [-0.2, 0) is 0 Å². The zero-order valence-corrected chi connectivity index (χ0v) is 11.0. The summed E-state index contributed by atoms with van der Waals surface area (Å²) in [6.45, 7) is 5.56. The second-order valence-electron chi connectivity index (χ2n) is 4.11. The molecule has 0 aliphatic heterocycles. The number of hydrogen-bond donors (Lipinski definition) is 1. The Kier molecular flexibility index (Phi) is 3.17. The van der Waals surface area contributed by atoms with Gasteiger partial charge in [-0.3, -0.25) is 4.68 Å². The highest BCUT2D eigenvalue weighted by molar-refractivity contribution is 6.31. The molecule has 0 saturated carbocycles. The molecule has 0 radical (unpaired) electrons. The molecule has 0 spiro atoms. The molecule has 0 saturated heterocycles. The summed E-state index contributed by atoms with van der Waals surface area (Å²) in [5.41, 5.74) is 1.57. The molecule has 1 N–H and O–H groups in total. The van der Waals surface area contributed by atoms with Crippen molar-refractivity contribution in [2.24, 2.45) is 0 Å². The van der Waals surface area contributed by atoms with Crippen LogP contribution < -0.4 is 0 Å². The van der Waals surface area contributed by atoms with Crippen molar-refractivity contribution in [1.82, 2.24) is 9.78 Å². The monoisotopic (exact) mass is 268 g/mol. The molecule has 18 heavy (non-hydrogen) atoms. The summed E-state index contributed by atoms with van der Waals surface area (Å²) in [6.07, 6.45) is 0. The molecule has 0 aromatic carbocycles. The van der Waals surface area contributed by atoms with Crippen LogP contribution in [0.2, 0.25) is 5.02 Å². The first-order valence-electron chi connectivity index (χ1n) is 5.46. The van der Waals surface area contributed by atoms with Crippen LogP contribution in [0.5, 0.6) is 0 Å². The van der Waals surface area contributed by atoms with Crippen LogP contribution in [0.25, 0.3) is 0 Å². The minimum absolute atomic E-state index is 0.0792. The van der Waals surface area contributed by atoms with E-state index in [1.165, 1.54) is 6.07 Å². The molecule has 0 amide bonds. The number of halogens is 1. The highest BCUT2D eigenvalue weighted by Gasteiger charge is 2.19. The van der Waals surface area contributed by atoms with E-state index in [1.807, 2.05) is 20.8 Å². The summed E-state index contributed by atoms with van der Waals surface area (Å²) >= 11 is 6.08. The number of nitrogens with zero attached hydrogens (tertiary/aromatic N) is 2. The predicted octanol–water partition coefficient (Wildman–Crippen LogP) is 3.05. The van der Waals surface area contributed by atoms with Crippen LogP contribution in [0, 0.1) is 13.8 Å². The lowest BCUT2D eigenvalue weighted by molar-refractivity contribution is 0.0659. The van der Waals surface area contributed by atoms with Gasteiger partial charge < -0.3 is 9.52 Å². The molecule has 2 aromatic rings. The number of furan rings is 1. The Hall–Kier alpha value is -1.75. The molecule has 0 aliphatic rings. The SMILES string of the molecule is Cc1nn(C(C)c2ccc(C(=O)O)o2)c(C)c1Cl. The van der Waals surface area contributed by atoms with Crippen molar-refractivity contribution < 1.29 is 14.3 Å². The van der Waals surface area contributed by atoms with Crippen LogP contribution in [0.15, 0.2) is 16.5 Å². The predicted molar refractivity (Wildman–Crippen MR) is 66.2 cm³/mol. The van der Waals surface area contributed by atoms with Crippen molar-refractivity contribution in [3.63, 3.8) is 0 Å². The molecule has 0 aliphatic carbocycles. The lowest BCUT2D eigenvalue weighted by atomic mass is 10.2. The number of aromatic nitrogens is 2. The third kappa shape index (κ3) is 2.01. The average Bonchev–Trinajstić information content (AvgIpc) is 2.90. The lowest BCUT2D eigenvalue weighted by Crippen LogP contribution is -2.09. The van der Waals surface area contributed by atoms with E-state index in [0.29, 0.717) is 10.8 Å². The number of aromatic carboxylic acids is 1. The number of rotatable bonds is 3. The van der Waals surface area contributed by atoms with Crippen molar-refractivity contribution in [1.29, 1.82) is 0 Å². The summed E-state index contributed by atoms with van der Waals surface area (Å²) in [6, 6.07) is 2.87. The largest absolute Gasteiger partial charge is 0.475 e. The van der Waals surface area contributed by atoms with Crippen LogP contribution in [0.1, 0.15) is 40.7 Å². The zero-order valence-electron chi connectivity index (χ0n) is 10.3. The summed E-state index contributed by atoms with van der Waals surface area (Å²) in [7, 11) is 0. The van der Waals surface area contributed by atoms with E-state index >= 15 is 0 Å². The first-order chi connectivity index (χ1) is 8.41. The summed E-state index contributed by atoms with van der Waals surface area (Å²) in [4.78, 5) is 10.8. The molecule has 96 valence electrons. The van der Waals surface area contributed by atoms with E-state index in [-0.39, 0.29) is 11.8 Å². The van der Waals surface area contributed by atoms with Gasteiger partial charge in [-0.2, -0.15) is 5.10 Å². The number of aryl methyl sites for hydroxylation is 1. The molecule has 5 nitrogen and oxygen atoms in total. The number of carboxylic acid groups (broad SMARTS) is 1. The third-order valence-corrected chi connectivity index (χ3v) is 3.40. The molecule has 6 heteroatoms. The van der Waals surface area contributed by atoms with E-state index in [2.05, 4.69) is 5.10 Å². The van der Waals surface area contributed by atoms with Gasteiger partial charge in [0.25, 0.3) is 0 Å². The van der Waals surface area contributed by atoms with Gasteiger partial charge in [-0.25, -0.2) is 4.79 Å². The Morgan fingerprint density at radius 2 is 2.17 bits per heavy atom. The van der Waals surface area contributed by atoms with Gasteiger partial charge in [0.15, 0.2) is 0 Å². The molecular weight excluding hydrogens is 256 g/mol. The highest BCUT2D eigenvalue weighted by atomic mass is 35.5. The highest BCUT2D eigenvalue weighted by Crippen LogP contribution is 2.26. The molecule has 1 atom stereocenters. The minimum atomic E-state index is -1.08. The second-order valence-corrected chi connectivity index (χ2v) is 4.49. The first kappa shape index (κ1) is 12.7. The van der Waals surface area contributed by atoms with Crippen LogP contribution in [0.4, 0.5) is 0 Å². The molecular formula is C12H13ClN2O3. The maximum Gasteiger partial charge on any atom is 0.371 e. The fraction of sp³-hybridized carbons (Fsp3) is 0.333. The summed E-state index contributed by atoms with van der Waals surface area (Å²) in [5, 5.41) is 13.8. The minimum Gasteiger partial charge on any atom is -0.475 e. The average molecular weight is 269 g/mol. The zero-order chi connectivity index (χ0) is 13.4. The van der Waals surface area contributed by atoms with E-state index in [4.69, 9.17) is 21.1 Å². The maximum absolute atomic E-state index is 10.8. The Labute approximate surface area is 109 Å². The molecule has 2 heterocycles. The van der Waals surface area contributed by atoms with Crippen molar-refractivity contribution in [2.75, 3.05) is 0 Å². The van der Waals surface area contributed by atoms with Crippen molar-refractivity contribution >= 4 is 17.6 Å². The Morgan fingerprint density at radius 1 is 1.50 bits per heavy atom. The number of carboxylic acids is 1. The van der Waals surface area contributed by atoms with Gasteiger partial charge in [0.2, 0.25) is 5.76 Å². The van der Waals surface area contributed by atoms with Gasteiger partial charge >= 0.3 is 5.97 Å². The molecule has 2 rings (SSSR count). The number of carbonyl (C=O) groups is 1. The quantitative estimate of drug-likeness (QED) is 0.929. The van der Waals surface area contributed by atoms with Crippen molar-refractivity contribution in [3.05, 3.63) is 40.1 Å². The Balaban J connectivity index is 2.38. The summed E-state index contributed by atoms with van der Waals surface area (Å²) in [5.74, 6) is -0.626. The smallest absolute Gasteiger partial charge is 0.371 e. The van der Waals surface area contributed by atoms with Gasteiger partial charge in [-0.15, -0.1) is 0 Å². The van der Waals surface area contributed by atoms with Crippen LogP contribution >= 0.6 is 11.6 Å². The van der Waals surface area contributed by atoms with Gasteiger partial charge in [0.05, 0.1) is 16.4 Å². The van der Waals surface area contributed by atoms with Gasteiger partial charge in [0.1, 0.15) is 11.8 Å². The fourth-order valence-corrected chi connectivity index (χ4v) is 1.96. The Morgan fingerprint density at radius 3 is 2.61 bits per heavy atom.